The van der Waals surface area contributed by atoms with Crippen molar-refractivity contribution in [2.45, 2.75) is 12.8 Å². The first-order valence-corrected chi connectivity index (χ1v) is 7.46. The van der Waals surface area contributed by atoms with Crippen LogP contribution in [0.5, 0.6) is 11.5 Å². The molecular weight excluding hydrogens is 286 g/mol. The lowest BCUT2D eigenvalue weighted by atomic mass is 10.1. The fourth-order valence-corrected chi connectivity index (χ4v) is 2.71. The molecule has 0 radical (unpaired) electrons. The van der Waals surface area contributed by atoms with Crippen molar-refractivity contribution in [2.24, 2.45) is 0 Å². The predicted octanol–water partition coefficient (Wildman–Crippen LogP) is 3.94. The SMILES string of the molecule is COc1cc(NCCc2ccc3c(c2)CCO3)ccc1Cl. The summed E-state index contributed by atoms with van der Waals surface area (Å²) in [4.78, 5) is 0. The molecule has 3 rings (SSSR count). The van der Waals surface area contributed by atoms with Crippen molar-refractivity contribution in [3.8, 4) is 11.5 Å². The molecule has 0 amide bonds. The molecule has 1 aliphatic heterocycles. The van der Waals surface area contributed by atoms with E-state index in [2.05, 4.69) is 23.5 Å². The normalized spacial score (nSPS) is 12.7. The molecular formula is C17H18ClNO2. The zero-order chi connectivity index (χ0) is 14.7. The Balaban J connectivity index is 1.58. The predicted molar refractivity (Wildman–Crippen MR) is 85.8 cm³/mol. The Bertz CT molecular complexity index is 632. The van der Waals surface area contributed by atoms with Gasteiger partial charge in [0.1, 0.15) is 11.5 Å². The highest BCUT2D eigenvalue weighted by Crippen LogP contribution is 2.28. The van der Waals surface area contributed by atoms with E-state index in [1.54, 1.807) is 7.11 Å². The third kappa shape index (κ3) is 3.24. The number of rotatable bonds is 5. The summed E-state index contributed by atoms with van der Waals surface area (Å²) in [5, 5.41) is 4.02. The third-order valence-electron chi connectivity index (χ3n) is 3.65. The summed E-state index contributed by atoms with van der Waals surface area (Å²) in [6, 6.07) is 12.2. The first-order valence-electron chi connectivity index (χ1n) is 7.08. The Kier molecular flexibility index (Phi) is 4.20. The number of fused-ring (bicyclic) bond motifs is 1. The van der Waals surface area contributed by atoms with Crippen LogP contribution in [0.1, 0.15) is 11.1 Å². The van der Waals surface area contributed by atoms with Gasteiger partial charge in [0.05, 0.1) is 18.7 Å². The van der Waals surface area contributed by atoms with E-state index in [-0.39, 0.29) is 0 Å². The van der Waals surface area contributed by atoms with Crippen LogP contribution < -0.4 is 14.8 Å². The minimum absolute atomic E-state index is 0.627. The highest BCUT2D eigenvalue weighted by Gasteiger charge is 2.11. The van der Waals surface area contributed by atoms with E-state index in [9.17, 15) is 0 Å². The topological polar surface area (TPSA) is 30.5 Å². The lowest BCUT2D eigenvalue weighted by Gasteiger charge is -2.10. The van der Waals surface area contributed by atoms with Gasteiger partial charge in [0.15, 0.2) is 0 Å². The molecule has 0 saturated carbocycles. The van der Waals surface area contributed by atoms with Crippen molar-refractivity contribution in [2.75, 3.05) is 25.6 Å². The van der Waals surface area contributed by atoms with Gasteiger partial charge in [-0.3, -0.25) is 0 Å². The summed E-state index contributed by atoms with van der Waals surface area (Å²) in [5.74, 6) is 1.73. The number of halogens is 1. The second kappa shape index (κ2) is 6.27. The largest absolute Gasteiger partial charge is 0.495 e. The first kappa shape index (κ1) is 14.1. The molecule has 2 aromatic carbocycles. The van der Waals surface area contributed by atoms with Gasteiger partial charge in [0.2, 0.25) is 0 Å². The Morgan fingerprint density at radius 2 is 2.14 bits per heavy atom. The van der Waals surface area contributed by atoms with E-state index in [0.29, 0.717) is 10.8 Å². The molecule has 110 valence electrons. The van der Waals surface area contributed by atoms with Crippen LogP contribution in [0.4, 0.5) is 5.69 Å². The van der Waals surface area contributed by atoms with E-state index in [1.807, 2.05) is 18.2 Å². The van der Waals surface area contributed by atoms with Gasteiger partial charge in [-0.1, -0.05) is 23.7 Å². The van der Waals surface area contributed by atoms with Crippen molar-refractivity contribution < 1.29 is 9.47 Å². The van der Waals surface area contributed by atoms with Crippen LogP contribution in [0, 0.1) is 0 Å². The lowest BCUT2D eigenvalue weighted by Crippen LogP contribution is -2.05. The molecule has 1 N–H and O–H groups in total. The fourth-order valence-electron chi connectivity index (χ4n) is 2.52. The molecule has 0 spiro atoms. The van der Waals surface area contributed by atoms with Crippen LogP contribution >= 0.6 is 11.6 Å². The highest BCUT2D eigenvalue weighted by molar-refractivity contribution is 6.32. The maximum atomic E-state index is 6.02. The zero-order valence-electron chi connectivity index (χ0n) is 12.0. The Morgan fingerprint density at radius 3 is 3.00 bits per heavy atom. The number of benzene rings is 2. The number of nitrogens with one attached hydrogen (secondary N) is 1. The summed E-state index contributed by atoms with van der Waals surface area (Å²) >= 11 is 6.02. The van der Waals surface area contributed by atoms with Gasteiger partial charge in [0, 0.05) is 24.7 Å². The molecule has 4 heteroatoms. The molecule has 0 fully saturated rings. The minimum Gasteiger partial charge on any atom is -0.495 e. The second-order valence-electron chi connectivity index (χ2n) is 5.07. The smallest absolute Gasteiger partial charge is 0.139 e. The van der Waals surface area contributed by atoms with Gasteiger partial charge >= 0.3 is 0 Å². The summed E-state index contributed by atoms with van der Waals surface area (Å²) in [7, 11) is 1.62. The monoisotopic (exact) mass is 303 g/mol. The van der Waals surface area contributed by atoms with Gasteiger partial charge in [-0.15, -0.1) is 0 Å². The maximum Gasteiger partial charge on any atom is 0.139 e. The summed E-state index contributed by atoms with van der Waals surface area (Å²) in [6.45, 7) is 1.67. The van der Waals surface area contributed by atoms with Crippen molar-refractivity contribution in [3.05, 3.63) is 52.5 Å². The van der Waals surface area contributed by atoms with Crippen LogP contribution in [0.3, 0.4) is 0 Å². The van der Waals surface area contributed by atoms with E-state index in [4.69, 9.17) is 21.1 Å². The van der Waals surface area contributed by atoms with Crippen LogP contribution in [0.25, 0.3) is 0 Å². The van der Waals surface area contributed by atoms with Crippen molar-refractivity contribution >= 4 is 17.3 Å². The lowest BCUT2D eigenvalue weighted by molar-refractivity contribution is 0.357. The molecule has 0 aliphatic carbocycles. The highest BCUT2D eigenvalue weighted by atomic mass is 35.5. The standard InChI is InChI=1S/C17H18ClNO2/c1-20-17-11-14(3-4-15(17)18)19-8-6-12-2-5-16-13(10-12)7-9-21-16/h2-5,10-11,19H,6-9H2,1H3. The maximum absolute atomic E-state index is 6.02. The minimum atomic E-state index is 0.627. The summed E-state index contributed by atoms with van der Waals surface area (Å²) < 4.78 is 10.7. The van der Waals surface area contributed by atoms with Crippen LogP contribution in [0.15, 0.2) is 36.4 Å². The zero-order valence-corrected chi connectivity index (χ0v) is 12.7. The molecule has 0 saturated heterocycles. The van der Waals surface area contributed by atoms with Crippen LogP contribution in [0.2, 0.25) is 5.02 Å². The van der Waals surface area contributed by atoms with Gasteiger partial charge in [-0.2, -0.15) is 0 Å². The van der Waals surface area contributed by atoms with E-state index in [0.717, 1.165) is 37.4 Å². The van der Waals surface area contributed by atoms with Gasteiger partial charge in [0.25, 0.3) is 0 Å². The van der Waals surface area contributed by atoms with Gasteiger partial charge in [-0.25, -0.2) is 0 Å². The van der Waals surface area contributed by atoms with Gasteiger partial charge < -0.3 is 14.8 Å². The average molecular weight is 304 g/mol. The van der Waals surface area contributed by atoms with Crippen LogP contribution in [-0.4, -0.2) is 20.3 Å². The molecule has 1 heterocycles. The molecule has 0 aromatic heterocycles. The molecule has 21 heavy (non-hydrogen) atoms. The Hall–Kier alpha value is -1.87. The molecule has 0 atom stereocenters. The van der Waals surface area contributed by atoms with Crippen molar-refractivity contribution in [3.63, 3.8) is 0 Å². The number of anilines is 1. The number of methoxy groups -OCH3 is 1. The molecule has 0 unspecified atom stereocenters. The van der Waals surface area contributed by atoms with E-state index >= 15 is 0 Å². The number of hydrogen-bond donors (Lipinski definition) is 1. The van der Waals surface area contributed by atoms with Gasteiger partial charge in [-0.05, 0) is 35.7 Å². The van der Waals surface area contributed by atoms with E-state index in [1.165, 1.54) is 11.1 Å². The van der Waals surface area contributed by atoms with Crippen molar-refractivity contribution in [1.82, 2.24) is 0 Å². The number of hydrogen-bond acceptors (Lipinski definition) is 3. The quantitative estimate of drug-likeness (QED) is 0.907. The Morgan fingerprint density at radius 1 is 1.24 bits per heavy atom. The summed E-state index contributed by atoms with van der Waals surface area (Å²) in [6.07, 6.45) is 1.99. The van der Waals surface area contributed by atoms with Crippen LogP contribution in [-0.2, 0) is 12.8 Å². The third-order valence-corrected chi connectivity index (χ3v) is 3.96. The second-order valence-corrected chi connectivity index (χ2v) is 5.47. The molecule has 0 bridgehead atoms. The first-order chi connectivity index (χ1) is 10.3. The number of ether oxygens (including phenoxy) is 2. The van der Waals surface area contributed by atoms with E-state index < -0.39 is 0 Å². The summed E-state index contributed by atoms with van der Waals surface area (Å²) in [5.41, 5.74) is 3.66. The van der Waals surface area contributed by atoms with Crippen molar-refractivity contribution in [1.29, 1.82) is 0 Å². The fraction of sp³-hybridized carbons (Fsp3) is 0.294. The molecule has 3 nitrogen and oxygen atoms in total. The average Bonchev–Trinajstić information content (AvgIpc) is 2.96. The molecule has 1 aliphatic rings. The molecule has 2 aromatic rings. The Labute approximate surface area is 129 Å².